The van der Waals surface area contributed by atoms with E-state index in [1.165, 1.54) is 22.3 Å². The summed E-state index contributed by atoms with van der Waals surface area (Å²) in [6.07, 6.45) is 0.466. The molecule has 21 heavy (non-hydrogen) atoms. The van der Waals surface area contributed by atoms with E-state index in [1.54, 1.807) is 0 Å². The van der Waals surface area contributed by atoms with E-state index in [0.717, 1.165) is 5.56 Å². The van der Waals surface area contributed by atoms with Crippen LogP contribution in [0.15, 0.2) is 78.9 Å². The smallest absolute Gasteiger partial charge is 0.0669 e. The third-order valence-corrected chi connectivity index (χ3v) is 3.56. The van der Waals surface area contributed by atoms with Gasteiger partial charge in [-0.1, -0.05) is 78.9 Å². The minimum Gasteiger partial charge on any atom is -0.198 e. The highest BCUT2D eigenvalue weighted by atomic mass is 14.2. The fourth-order valence-corrected chi connectivity index (χ4v) is 2.39. The van der Waals surface area contributed by atoms with Crippen molar-refractivity contribution in [3.63, 3.8) is 0 Å². The van der Waals surface area contributed by atoms with Gasteiger partial charge in [0.1, 0.15) is 0 Å². The summed E-state index contributed by atoms with van der Waals surface area (Å²) in [5.74, 6) is 0. The Kier molecular flexibility index (Phi) is 3.80. The molecule has 0 saturated carbocycles. The number of nitriles is 1. The predicted molar refractivity (Wildman–Crippen MR) is 86.6 cm³/mol. The Balaban J connectivity index is 1.86. The van der Waals surface area contributed by atoms with Crippen molar-refractivity contribution in [1.82, 2.24) is 0 Å². The SMILES string of the molecule is N#CCc1ccc(-c2ccc(-c3ccccc3)cc2)cc1. The number of benzene rings is 3. The topological polar surface area (TPSA) is 23.8 Å². The Labute approximate surface area is 125 Å². The summed E-state index contributed by atoms with van der Waals surface area (Å²) in [6.45, 7) is 0. The van der Waals surface area contributed by atoms with Crippen molar-refractivity contribution in [2.24, 2.45) is 0 Å². The molecule has 0 fully saturated rings. The van der Waals surface area contributed by atoms with Gasteiger partial charge in [-0.05, 0) is 27.8 Å². The van der Waals surface area contributed by atoms with E-state index in [0.29, 0.717) is 6.42 Å². The molecule has 3 rings (SSSR count). The number of nitrogens with zero attached hydrogens (tertiary/aromatic N) is 1. The van der Waals surface area contributed by atoms with Crippen LogP contribution in [0.1, 0.15) is 5.56 Å². The zero-order valence-corrected chi connectivity index (χ0v) is 11.7. The van der Waals surface area contributed by atoms with E-state index in [9.17, 15) is 0 Å². The van der Waals surface area contributed by atoms with Crippen LogP contribution in [0.4, 0.5) is 0 Å². The van der Waals surface area contributed by atoms with E-state index in [4.69, 9.17) is 5.26 Å². The highest BCUT2D eigenvalue weighted by Gasteiger charge is 2.00. The van der Waals surface area contributed by atoms with E-state index in [2.05, 4.69) is 66.7 Å². The van der Waals surface area contributed by atoms with Crippen LogP contribution in [0.25, 0.3) is 22.3 Å². The molecule has 0 amide bonds. The minimum atomic E-state index is 0.466. The van der Waals surface area contributed by atoms with Crippen LogP contribution in [0.5, 0.6) is 0 Å². The summed E-state index contributed by atoms with van der Waals surface area (Å²) in [5, 5.41) is 8.69. The van der Waals surface area contributed by atoms with Gasteiger partial charge in [-0.2, -0.15) is 5.26 Å². The lowest BCUT2D eigenvalue weighted by atomic mass is 9.99. The van der Waals surface area contributed by atoms with Crippen molar-refractivity contribution >= 4 is 0 Å². The highest BCUT2D eigenvalue weighted by Crippen LogP contribution is 2.25. The molecule has 0 unspecified atom stereocenters. The van der Waals surface area contributed by atoms with E-state index in [1.807, 2.05) is 18.2 Å². The molecule has 0 saturated heterocycles. The van der Waals surface area contributed by atoms with Gasteiger partial charge in [0.05, 0.1) is 12.5 Å². The first kappa shape index (κ1) is 13.1. The average molecular weight is 269 g/mol. The molecule has 3 aromatic rings. The van der Waals surface area contributed by atoms with Gasteiger partial charge in [-0.3, -0.25) is 0 Å². The van der Waals surface area contributed by atoms with Crippen molar-refractivity contribution in [3.8, 4) is 28.3 Å². The molecule has 0 atom stereocenters. The van der Waals surface area contributed by atoms with Crippen molar-refractivity contribution in [1.29, 1.82) is 5.26 Å². The van der Waals surface area contributed by atoms with Crippen molar-refractivity contribution in [3.05, 3.63) is 84.4 Å². The Hall–Kier alpha value is -2.85. The Morgan fingerprint density at radius 2 is 1.00 bits per heavy atom. The van der Waals surface area contributed by atoms with Crippen LogP contribution in [0.3, 0.4) is 0 Å². The minimum absolute atomic E-state index is 0.466. The lowest BCUT2D eigenvalue weighted by Gasteiger charge is -2.05. The molecule has 0 heterocycles. The summed E-state index contributed by atoms with van der Waals surface area (Å²) in [4.78, 5) is 0. The number of rotatable bonds is 3. The van der Waals surface area contributed by atoms with Crippen LogP contribution in [0, 0.1) is 11.3 Å². The normalized spacial score (nSPS) is 10.0. The lowest BCUT2D eigenvalue weighted by molar-refractivity contribution is 1.26. The average Bonchev–Trinajstić information content (AvgIpc) is 2.57. The second-order valence-electron chi connectivity index (χ2n) is 4.98. The van der Waals surface area contributed by atoms with E-state index in [-0.39, 0.29) is 0 Å². The maximum absolute atomic E-state index is 8.69. The molecule has 0 N–H and O–H groups in total. The van der Waals surface area contributed by atoms with Crippen molar-refractivity contribution < 1.29 is 0 Å². The molecule has 1 heteroatoms. The molecule has 100 valence electrons. The first-order valence-electron chi connectivity index (χ1n) is 6.98. The summed E-state index contributed by atoms with van der Waals surface area (Å²) in [6, 6.07) is 29.3. The van der Waals surface area contributed by atoms with Gasteiger partial charge in [-0.25, -0.2) is 0 Å². The Morgan fingerprint density at radius 1 is 0.571 bits per heavy atom. The molecule has 0 radical (unpaired) electrons. The van der Waals surface area contributed by atoms with Crippen LogP contribution in [-0.2, 0) is 6.42 Å². The van der Waals surface area contributed by atoms with Crippen LogP contribution >= 0.6 is 0 Å². The fraction of sp³-hybridized carbons (Fsp3) is 0.0500. The second kappa shape index (κ2) is 6.07. The van der Waals surface area contributed by atoms with Gasteiger partial charge in [-0.15, -0.1) is 0 Å². The molecule has 0 aliphatic rings. The summed E-state index contributed by atoms with van der Waals surface area (Å²) in [7, 11) is 0. The monoisotopic (exact) mass is 269 g/mol. The molecule has 0 aromatic heterocycles. The van der Waals surface area contributed by atoms with Crippen LogP contribution in [0.2, 0.25) is 0 Å². The molecule has 0 aliphatic carbocycles. The molecule has 3 aromatic carbocycles. The van der Waals surface area contributed by atoms with Gasteiger partial charge < -0.3 is 0 Å². The van der Waals surface area contributed by atoms with Crippen LogP contribution in [-0.4, -0.2) is 0 Å². The quantitative estimate of drug-likeness (QED) is 0.650. The molecular formula is C20H15N. The zero-order chi connectivity index (χ0) is 14.5. The van der Waals surface area contributed by atoms with E-state index < -0.39 is 0 Å². The standard InChI is InChI=1S/C20H15N/c21-15-14-16-6-8-18(9-7-16)20-12-10-19(11-13-20)17-4-2-1-3-5-17/h1-13H,14H2. The summed E-state index contributed by atoms with van der Waals surface area (Å²) >= 11 is 0. The molecule has 0 aliphatic heterocycles. The van der Waals surface area contributed by atoms with Gasteiger partial charge in [0.25, 0.3) is 0 Å². The van der Waals surface area contributed by atoms with Crippen molar-refractivity contribution in [2.45, 2.75) is 6.42 Å². The summed E-state index contributed by atoms with van der Waals surface area (Å²) in [5.41, 5.74) is 5.88. The molecule has 0 bridgehead atoms. The maximum Gasteiger partial charge on any atom is 0.0669 e. The molecule has 0 spiro atoms. The lowest BCUT2D eigenvalue weighted by Crippen LogP contribution is -1.83. The maximum atomic E-state index is 8.69. The van der Waals surface area contributed by atoms with Gasteiger partial charge >= 0.3 is 0 Å². The molecular weight excluding hydrogens is 254 g/mol. The van der Waals surface area contributed by atoms with Gasteiger partial charge in [0.15, 0.2) is 0 Å². The van der Waals surface area contributed by atoms with E-state index >= 15 is 0 Å². The largest absolute Gasteiger partial charge is 0.198 e. The number of hydrogen-bond acceptors (Lipinski definition) is 1. The first-order valence-corrected chi connectivity index (χ1v) is 6.98. The Bertz CT molecular complexity index is 748. The zero-order valence-electron chi connectivity index (χ0n) is 11.7. The highest BCUT2D eigenvalue weighted by molar-refractivity contribution is 5.70. The third-order valence-electron chi connectivity index (χ3n) is 3.56. The van der Waals surface area contributed by atoms with Crippen molar-refractivity contribution in [2.75, 3.05) is 0 Å². The Morgan fingerprint density at radius 3 is 1.48 bits per heavy atom. The predicted octanol–water partition coefficient (Wildman–Crippen LogP) is 5.09. The number of hydrogen-bond donors (Lipinski definition) is 0. The first-order chi connectivity index (χ1) is 10.4. The second-order valence-corrected chi connectivity index (χ2v) is 4.98. The summed E-state index contributed by atoms with van der Waals surface area (Å²) < 4.78 is 0. The van der Waals surface area contributed by atoms with Gasteiger partial charge in [0.2, 0.25) is 0 Å². The van der Waals surface area contributed by atoms with Gasteiger partial charge in [0, 0.05) is 0 Å². The molecule has 1 nitrogen and oxygen atoms in total. The third kappa shape index (κ3) is 3.01. The fourth-order valence-electron chi connectivity index (χ4n) is 2.39. The van der Waals surface area contributed by atoms with Crippen LogP contribution < -0.4 is 0 Å².